The van der Waals surface area contributed by atoms with Crippen LogP contribution in [-0.2, 0) is 4.79 Å². The molecule has 0 aliphatic carbocycles. The number of ether oxygens (including phenoxy) is 1. The van der Waals surface area contributed by atoms with Crippen molar-refractivity contribution < 1.29 is 9.53 Å². The Morgan fingerprint density at radius 1 is 1.11 bits per heavy atom. The number of nitrogens with zero attached hydrogens (tertiary/aromatic N) is 1. The predicted molar refractivity (Wildman–Crippen MR) is 119 cm³/mol. The fourth-order valence-corrected chi connectivity index (χ4v) is 5.01. The molecule has 0 N–H and O–H groups in total. The van der Waals surface area contributed by atoms with E-state index < -0.39 is 0 Å². The third-order valence-corrected chi connectivity index (χ3v) is 6.84. The van der Waals surface area contributed by atoms with E-state index >= 15 is 0 Å². The summed E-state index contributed by atoms with van der Waals surface area (Å²) in [5.41, 5.74) is 1.18. The minimum atomic E-state index is -0.154. The molecule has 0 aromatic heterocycles. The van der Waals surface area contributed by atoms with E-state index in [1.54, 1.807) is 0 Å². The van der Waals surface area contributed by atoms with Crippen LogP contribution >= 0.6 is 46.6 Å². The van der Waals surface area contributed by atoms with Crippen molar-refractivity contribution in [2.75, 3.05) is 7.05 Å². The molecule has 2 bridgehead atoms. The smallest absolute Gasteiger partial charge is 0.316 e. The van der Waals surface area contributed by atoms with Gasteiger partial charge in [-0.3, -0.25) is 9.69 Å². The molecule has 2 unspecified atom stereocenters. The molecule has 2 heterocycles. The standard InChI is InChI=1S/C21H21ClINO2.ClH/c1-24-16-8-11-19(24)20(18(12-16)13-2-4-14(22)5-3-13)21(25)26-17-9-6-15(23)7-10-17;/h2-7,9-10,16,18-20H,8,11-12H2,1H3;1H/t16-,18-,19?,20?;/m1./s1. The molecule has 0 saturated carbocycles. The zero-order valence-electron chi connectivity index (χ0n) is 15.0. The lowest BCUT2D eigenvalue weighted by Crippen LogP contribution is -2.49. The molecule has 4 atom stereocenters. The Balaban J connectivity index is 0.00000210. The molecule has 6 heteroatoms. The van der Waals surface area contributed by atoms with Gasteiger partial charge in [0.1, 0.15) is 5.75 Å². The normalized spacial score (nSPS) is 27.1. The van der Waals surface area contributed by atoms with Crippen LogP contribution in [0, 0.1) is 9.49 Å². The third kappa shape index (κ3) is 4.29. The highest BCUT2D eigenvalue weighted by atomic mass is 127. The number of benzene rings is 2. The lowest BCUT2D eigenvalue weighted by Gasteiger charge is -2.41. The Labute approximate surface area is 185 Å². The van der Waals surface area contributed by atoms with Gasteiger partial charge >= 0.3 is 5.97 Å². The summed E-state index contributed by atoms with van der Waals surface area (Å²) in [4.78, 5) is 15.5. The van der Waals surface area contributed by atoms with Crippen LogP contribution in [0.4, 0.5) is 0 Å². The molecule has 0 spiro atoms. The van der Waals surface area contributed by atoms with Crippen molar-refractivity contribution in [3.63, 3.8) is 0 Å². The van der Waals surface area contributed by atoms with Gasteiger partial charge in [-0.25, -0.2) is 0 Å². The van der Waals surface area contributed by atoms with Crippen molar-refractivity contribution in [3.8, 4) is 5.75 Å². The first-order valence-electron chi connectivity index (χ1n) is 8.97. The van der Waals surface area contributed by atoms with Gasteiger partial charge in [-0.15, -0.1) is 12.4 Å². The van der Waals surface area contributed by atoms with E-state index in [1.807, 2.05) is 36.4 Å². The van der Waals surface area contributed by atoms with E-state index in [1.165, 1.54) is 5.56 Å². The van der Waals surface area contributed by atoms with Crippen molar-refractivity contribution in [3.05, 3.63) is 62.7 Å². The van der Waals surface area contributed by atoms with Gasteiger partial charge in [0, 0.05) is 26.6 Å². The van der Waals surface area contributed by atoms with E-state index in [-0.39, 0.29) is 36.3 Å². The molecular formula is C21H22Cl2INO2. The third-order valence-electron chi connectivity index (χ3n) is 5.87. The molecule has 27 heavy (non-hydrogen) atoms. The maximum Gasteiger partial charge on any atom is 0.316 e. The number of halogens is 3. The largest absolute Gasteiger partial charge is 0.426 e. The van der Waals surface area contributed by atoms with Gasteiger partial charge in [0.15, 0.2) is 0 Å². The second kappa shape index (κ2) is 8.68. The Kier molecular flexibility index (Phi) is 6.72. The Morgan fingerprint density at radius 3 is 2.44 bits per heavy atom. The van der Waals surface area contributed by atoms with Gasteiger partial charge in [0.05, 0.1) is 5.92 Å². The number of carbonyl (C=O) groups excluding carboxylic acids is 1. The predicted octanol–water partition coefficient (Wildman–Crippen LogP) is 5.54. The topological polar surface area (TPSA) is 29.5 Å². The van der Waals surface area contributed by atoms with E-state index in [9.17, 15) is 4.79 Å². The monoisotopic (exact) mass is 517 g/mol. The molecule has 2 aromatic carbocycles. The Bertz CT molecular complexity index is 797. The maximum atomic E-state index is 13.2. The van der Waals surface area contributed by atoms with Gasteiger partial charge in [0.25, 0.3) is 0 Å². The van der Waals surface area contributed by atoms with Crippen LogP contribution in [0.1, 0.15) is 30.7 Å². The molecular weight excluding hydrogens is 496 g/mol. The van der Waals surface area contributed by atoms with E-state index in [4.69, 9.17) is 16.3 Å². The van der Waals surface area contributed by atoms with Gasteiger partial charge in [-0.2, -0.15) is 0 Å². The summed E-state index contributed by atoms with van der Waals surface area (Å²) in [6.45, 7) is 0. The number of piperidine rings is 1. The van der Waals surface area contributed by atoms with Crippen LogP contribution in [0.5, 0.6) is 5.75 Å². The average Bonchev–Trinajstić information content (AvgIpc) is 2.87. The molecule has 2 aromatic rings. The highest BCUT2D eigenvalue weighted by Gasteiger charge is 2.49. The number of hydrogen-bond acceptors (Lipinski definition) is 3. The van der Waals surface area contributed by atoms with Gasteiger partial charge in [-0.1, -0.05) is 23.7 Å². The second-order valence-corrected chi connectivity index (χ2v) is 8.94. The van der Waals surface area contributed by atoms with E-state index in [0.29, 0.717) is 11.8 Å². The SMILES string of the molecule is CN1C2CC[C@@H]1C[C@H](c1ccc(Cl)cc1)C2C(=O)Oc1ccc(I)cc1.Cl. The van der Waals surface area contributed by atoms with Crippen LogP contribution in [0.15, 0.2) is 48.5 Å². The van der Waals surface area contributed by atoms with Crippen molar-refractivity contribution >= 4 is 52.6 Å². The lowest BCUT2D eigenvalue weighted by molar-refractivity contribution is -0.143. The average molecular weight is 518 g/mol. The number of esters is 1. The van der Waals surface area contributed by atoms with E-state index in [0.717, 1.165) is 27.9 Å². The minimum absolute atomic E-state index is 0. The minimum Gasteiger partial charge on any atom is -0.426 e. The van der Waals surface area contributed by atoms with Crippen LogP contribution in [0.3, 0.4) is 0 Å². The van der Waals surface area contributed by atoms with Crippen LogP contribution in [-0.4, -0.2) is 30.0 Å². The van der Waals surface area contributed by atoms with Crippen molar-refractivity contribution in [2.24, 2.45) is 5.92 Å². The van der Waals surface area contributed by atoms with Gasteiger partial charge < -0.3 is 4.74 Å². The first-order chi connectivity index (χ1) is 12.5. The Morgan fingerprint density at radius 2 is 1.78 bits per heavy atom. The summed E-state index contributed by atoms with van der Waals surface area (Å²) in [6, 6.07) is 16.4. The molecule has 0 amide bonds. The van der Waals surface area contributed by atoms with Gasteiger partial charge in [0.2, 0.25) is 0 Å². The maximum absolute atomic E-state index is 13.2. The fourth-order valence-electron chi connectivity index (χ4n) is 4.53. The molecule has 2 aliphatic heterocycles. The number of rotatable bonds is 3. The highest BCUT2D eigenvalue weighted by Crippen LogP contribution is 2.46. The zero-order valence-corrected chi connectivity index (χ0v) is 18.7. The molecule has 144 valence electrons. The lowest BCUT2D eigenvalue weighted by atomic mass is 9.76. The summed E-state index contributed by atoms with van der Waals surface area (Å²) in [6.07, 6.45) is 3.19. The van der Waals surface area contributed by atoms with Crippen molar-refractivity contribution in [1.82, 2.24) is 4.90 Å². The molecule has 4 rings (SSSR count). The van der Waals surface area contributed by atoms with Crippen LogP contribution in [0.2, 0.25) is 5.02 Å². The highest BCUT2D eigenvalue weighted by molar-refractivity contribution is 14.1. The zero-order chi connectivity index (χ0) is 18.3. The van der Waals surface area contributed by atoms with Gasteiger partial charge in [-0.05, 0) is 90.9 Å². The fraction of sp³-hybridized carbons (Fsp3) is 0.381. The summed E-state index contributed by atoms with van der Waals surface area (Å²) in [5.74, 6) is 0.521. The first kappa shape index (κ1) is 20.9. The molecule has 2 saturated heterocycles. The first-order valence-corrected chi connectivity index (χ1v) is 10.4. The van der Waals surface area contributed by atoms with Crippen molar-refractivity contribution in [1.29, 1.82) is 0 Å². The summed E-state index contributed by atoms with van der Waals surface area (Å²) in [5, 5.41) is 0.725. The summed E-state index contributed by atoms with van der Waals surface area (Å²) in [7, 11) is 2.14. The second-order valence-electron chi connectivity index (χ2n) is 7.26. The Hall–Kier alpha value is -0.820. The number of hydrogen-bond donors (Lipinski definition) is 0. The molecule has 2 aliphatic rings. The molecule has 2 fully saturated rings. The molecule has 0 radical (unpaired) electrons. The number of carbonyl (C=O) groups is 1. The summed E-state index contributed by atoms with van der Waals surface area (Å²) < 4.78 is 6.91. The van der Waals surface area contributed by atoms with E-state index in [2.05, 4.69) is 46.7 Å². The number of fused-ring (bicyclic) bond motifs is 2. The molecule has 3 nitrogen and oxygen atoms in total. The van der Waals surface area contributed by atoms with Crippen LogP contribution < -0.4 is 4.74 Å². The summed E-state index contributed by atoms with van der Waals surface area (Å²) >= 11 is 8.31. The quantitative estimate of drug-likeness (QED) is 0.304. The van der Waals surface area contributed by atoms with Crippen molar-refractivity contribution in [2.45, 2.75) is 37.3 Å². The van der Waals surface area contributed by atoms with Crippen LogP contribution in [0.25, 0.3) is 0 Å².